The van der Waals surface area contributed by atoms with Gasteiger partial charge >= 0.3 is 0 Å². The van der Waals surface area contributed by atoms with Crippen molar-refractivity contribution in [2.75, 3.05) is 19.8 Å². The molecule has 0 atom stereocenters. The quantitative estimate of drug-likeness (QED) is 0.614. The first-order chi connectivity index (χ1) is 9.54. The smallest absolute Gasteiger partial charge is 0.230 e. The largest absolute Gasteiger partial charge is 0.375 e. The average molecular weight is 277 g/mol. The van der Waals surface area contributed by atoms with E-state index in [2.05, 4.69) is 11.9 Å². The summed E-state index contributed by atoms with van der Waals surface area (Å²) >= 11 is 0. The highest BCUT2D eigenvalue weighted by Gasteiger charge is 2.50. The monoisotopic (exact) mass is 277 g/mol. The maximum Gasteiger partial charge on any atom is 0.230 e. The second kappa shape index (κ2) is 6.18. The molecule has 0 saturated heterocycles. The van der Waals surface area contributed by atoms with E-state index in [1.165, 1.54) is 12.1 Å². The second-order valence-electron chi connectivity index (χ2n) is 5.35. The van der Waals surface area contributed by atoms with Crippen LogP contribution in [0.15, 0.2) is 36.4 Å². The first-order valence-corrected chi connectivity index (χ1v) is 6.81. The molecule has 1 aromatic carbocycles. The van der Waals surface area contributed by atoms with Crippen LogP contribution in [0.4, 0.5) is 4.39 Å². The van der Waals surface area contributed by atoms with Gasteiger partial charge in [-0.15, -0.1) is 0 Å². The Kier molecular flexibility index (Phi) is 4.55. The van der Waals surface area contributed by atoms with Crippen molar-refractivity contribution >= 4 is 5.91 Å². The van der Waals surface area contributed by atoms with Gasteiger partial charge in [-0.3, -0.25) is 4.79 Å². The van der Waals surface area contributed by atoms with Crippen LogP contribution in [0.5, 0.6) is 0 Å². The summed E-state index contributed by atoms with van der Waals surface area (Å²) in [5.74, 6) is -0.277. The fraction of sp³-hybridized carbons (Fsp3) is 0.438. The van der Waals surface area contributed by atoms with Gasteiger partial charge in [-0.2, -0.15) is 0 Å². The number of ether oxygens (including phenoxy) is 1. The van der Waals surface area contributed by atoms with Crippen molar-refractivity contribution < 1.29 is 13.9 Å². The summed E-state index contributed by atoms with van der Waals surface area (Å²) in [7, 11) is 0. The highest BCUT2D eigenvalue weighted by atomic mass is 19.1. The highest BCUT2D eigenvalue weighted by molar-refractivity contribution is 5.91. The molecule has 0 radical (unpaired) electrons. The second-order valence-corrected chi connectivity index (χ2v) is 5.35. The molecule has 1 saturated carbocycles. The number of hydrogen-bond acceptors (Lipinski definition) is 2. The number of benzene rings is 1. The van der Waals surface area contributed by atoms with Crippen LogP contribution in [0.2, 0.25) is 0 Å². The number of hydrogen-bond donors (Lipinski definition) is 1. The molecule has 0 aliphatic heterocycles. The van der Waals surface area contributed by atoms with E-state index in [9.17, 15) is 9.18 Å². The molecule has 1 aromatic rings. The topological polar surface area (TPSA) is 38.3 Å². The number of amides is 1. The minimum atomic E-state index is -0.456. The number of rotatable bonds is 7. The zero-order valence-electron chi connectivity index (χ0n) is 11.7. The fourth-order valence-corrected chi connectivity index (χ4v) is 2.19. The fourth-order valence-electron chi connectivity index (χ4n) is 2.19. The standard InChI is InChI=1S/C16H20FNO2/c1-12(2)11-20-10-9-18-15(19)16(7-8-16)13-3-5-14(17)6-4-13/h3-6H,1,7-11H2,2H3,(H,18,19). The maximum atomic E-state index is 12.9. The summed E-state index contributed by atoms with van der Waals surface area (Å²) in [5.41, 5.74) is 1.39. The molecule has 0 unspecified atom stereocenters. The molecule has 20 heavy (non-hydrogen) atoms. The van der Waals surface area contributed by atoms with E-state index >= 15 is 0 Å². The Morgan fingerprint density at radius 1 is 1.40 bits per heavy atom. The molecule has 4 heteroatoms. The van der Waals surface area contributed by atoms with Crippen molar-refractivity contribution in [1.29, 1.82) is 0 Å². The van der Waals surface area contributed by atoms with Crippen LogP contribution >= 0.6 is 0 Å². The van der Waals surface area contributed by atoms with Gasteiger partial charge in [-0.05, 0) is 37.5 Å². The molecule has 3 nitrogen and oxygen atoms in total. The third kappa shape index (κ3) is 3.45. The molecule has 108 valence electrons. The molecule has 0 bridgehead atoms. The Hall–Kier alpha value is -1.68. The van der Waals surface area contributed by atoms with Gasteiger partial charge < -0.3 is 10.1 Å². The molecule has 2 rings (SSSR count). The van der Waals surface area contributed by atoms with Crippen molar-refractivity contribution in [3.8, 4) is 0 Å². The normalized spacial score (nSPS) is 15.7. The lowest BCUT2D eigenvalue weighted by atomic mass is 9.95. The molecule has 1 N–H and O–H groups in total. The van der Waals surface area contributed by atoms with E-state index in [1.807, 2.05) is 6.92 Å². The molecular formula is C16H20FNO2. The van der Waals surface area contributed by atoms with Gasteiger partial charge in [-0.25, -0.2) is 4.39 Å². The van der Waals surface area contributed by atoms with E-state index in [4.69, 9.17) is 4.74 Å². The molecular weight excluding hydrogens is 257 g/mol. The third-order valence-electron chi connectivity index (χ3n) is 3.46. The predicted molar refractivity (Wildman–Crippen MR) is 76.0 cm³/mol. The van der Waals surface area contributed by atoms with Crippen molar-refractivity contribution in [2.45, 2.75) is 25.2 Å². The van der Waals surface area contributed by atoms with Crippen LogP contribution in [0.1, 0.15) is 25.3 Å². The predicted octanol–water partition coefficient (Wildman–Crippen LogP) is 2.57. The number of carbonyl (C=O) groups excluding carboxylic acids is 1. The first kappa shape index (κ1) is 14.7. The van der Waals surface area contributed by atoms with Crippen LogP contribution in [0, 0.1) is 5.82 Å². The maximum absolute atomic E-state index is 12.9. The molecule has 0 heterocycles. The molecule has 1 aliphatic rings. The molecule has 1 fully saturated rings. The minimum absolute atomic E-state index is 0.00281. The van der Waals surface area contributed by atoms with Crippen molar-refractivity contribution in [3.63, 3.8) is 0 Å². The summed E-state index contributed by atoms with van der Waals surface area (Å²) in [6.07, 6.45) is 1.63. The van der Waals surface area contributed by atoms with Gasteiger partial charge in [0.15, 0.2) is 0 Å². The molecule has 1 aliphatic carbocycles. The average Bonchev–Trinajstić information content (AvgIpc) is 3.20. The first-order valence-electron chi connectivity index (χ1n) is 6.81. The Labute approximate surface area is 118 Å². The Morgan fingerprint density at radius 2 is 2.05 bits per heavy atom. The lowest BCUT2D eigenvalue weighted by molar-refractivity contribution is -0.123. The van der Waals surface area contributed by atoms with Crippen molar-refractivity contribution in [2.24, 2.45) is 0 Å². The number of nitrogens with one attached hydrogen (secondary N) is 1. The molecule has 1 amide bonds. The summed E-state index contributed by atoms with van der Waals surface area (Å²) in [6.45, 7) is 7.10. The van der Waals surface area contributed by atoms with Gasteiger partial charge in [0, 0.05) is 6.54 Å². The van der Waals surface area contributed by atoms with Gasteiger partial charge in [0.25, 0.3) is 0 Å². The Balaban J connectivity index is 1.83. The van der Waals surface area contributed by atoms with Gasteiger partial charge in [0.1, 0.15) is 5.82 Å². The summed E-state index contributed by atoms with van der Waals surface area (Å²) in [6, 6.07) is 6.19. The van der Waals surface area contributed by atoms with Crippen LogP contribution in [0.3, 0.4) is 0 Å². The third-order valence-corrected chi connectivity index (χ3v) is 3.46. The number of halogens is 1. The molecule has 0 aromatic heterocycles. The van der Waals surface area contributed by atoms with E-state index in [0.717, 1.165) is 24.0 Å². The zero-order chi connectivity index (χ0) is 14.6. The van der Waals surface area contributed by atoms with Gasteiger partial charge in [0.05, 0.1) is 18.6 Å². The highest BCUT2D eigenvalue weighted by Crippen LogP contribution is 2.48. The van der Waals surface area contributed by atoms with Crippen LogP contribution in [-0.4, -0.2) is 25.7 Å². The lowest BCUT2D eigenvalue weighted by Crippen LogP contribution is -2.36. The molecule has 0 spiro atoms. The van der Waals surface area contributed by atoms with E-state index in [-0.39, 0.29) is 11.7 Å². The minimum Gasteiger partial charge on any atom is -0.375 e. The number of carbonyl (C=O) groups is 1. The van der Waals surface area contributed by atoms with Crippen molar-refractivity contribution in [1.82, 2.24) is 5.32 Å². The van der Waals surface area contributed by atoms with Crippen molar-refractivity contribution in [3.05, 3.63) is 47.8 Å². The van der Waals surface area contributed by atoms with Crippen LogP contribution in [0.25, 0.3) is 0 Å². The van der Waals surface area contributed by atoms with Crippen LogP contribution in [-0.2, 0) is 14.9 Å². The lowest BCUT2D eigenvalue weighted by Gasteiger charge is -2.15. The van der Waals surface area contributed by atoms with Gasteiger partial charge in [0.2, 0.25) is 5.91 Å². The van der Waals surface area contributed by atoms with E-state index in [1.54, 1.807) is 12.1 Å². The summed E-state index contributed by atoms with van der Waals surface area (Å²) < 4.78 is 18.3. The van der Waals surface area contributed by atoms with Gasteiger partial charge in [-0.1, -0.05) is 24.3 Å². The van der Waals surface area contributed by atoms with E-state index in [0.29, 0.717) is 19.8 Å². The van der Waals surface area contributed by atoms with E-state index < -0.39 is 5.41 Å². The Bertz CT molecular complexity index is 492. The Morgan fingerprint density at radius 3 is 2.60 bits per heavy atom. The summed E-state index contributed by atoms with van der Waals surface area (Å²) in [4.78, 5) is 12.2. The summed E-state index contributed by atoms with van der Waals surface area (Å²) in [5, 5.41) is 2.88. The zero-order valence-corrected chi connectivity index (χ0v) is 11.7. The SMILES string of the molecule is C=C(C)COCCNC(=O)C1(c2ccc(F)cc2)CC1. The van der Waals surface area contributed by atoms with Crippen LogP contribution < -0.4 is 5.32 Å².